The van der Waals surface area contributed by atoms with Crippen molar-refractivity contribution in [3.8, 4) is 0 Å². The van der Waals surface area contributed by atoms with Gasteiger partial charge in [0.25, 0.3) is 5.91 Å². The van der Waals surface area contributed by atoms with Crippen molar-refractivity contribution >= 4 is 30.7 Å². The van der Waals surface area contributed by atoms with E-state index in [4.69, 9.17) is 5.73 Å². The Morgan fingerprint density at radius 3 is 2.39 bits per heavy atom. The molecular weight excluding hydrogens is 273 g/mol. The summed E-state index contributed by atoms with van der Waals surface area (Å²) in [6.45, 7) is 4.53. The molecule has 4 nitrogen and oxygen atoms in total. The van der Waals surface area contributed by atoms with Crippen LogP contribution in [0.4, 0.5) is 0 Å². The highest BCUT2D eigenvalue weighted by Gasteiger charge is 2.21. The van der Waals surface area contributed by atoms with Gasteiger partial charge in [-0.05, 0) is 25.0 Å². The van der Waals surface area contributed by atoms with E-state index in [0.717, 1.165) is 12.8 Å². The largest absolute Gasteiger partial charge is 0.349 e. The molecule has 0 atom stereocenters. The molecule has 0 unspecified atom stereocenters. The van der Waals surface area contributed by atoms with E-state index in [1.807, 2.05) is 13.8 Å². The lowest BCUT2D eigenvalue weighted by molar-refractivity contribution is 0.0937. The molecule has 0 aromatic carbocycles. The summed E-state index contributed by atoms with van der Waals surface area (Å²) in [5, 5.41) is 2.81. The van der Waals surface area contributed by atoms with Gasteiger partial charge in [-0.1, -0.05) is 19.9 Å². The first-order valence-corrected chi connectivity index (χ1v) is 5.59. The van der Waals surface area contributed by atoms with Gasteiger partial charge < -0.3 is 11.1 Å². The number of aromatic nitrogens is 1. The standard InChI is InChI=1S/C12H19N3O.2ClH/c1-3-12(13,4-2)9-15-11(16)10-7-5-6-8-14-10;;/h5-8H,3-4,9,13H2,1-2H3,(H,15,16);2*1H. The van der Waals surface area contributed by atoms with E-state index in [0.29, 0.717) is 12.2 Å². The van der Waals surface area contributed by atoms with E-state index < -0.39 is 0 Å². The van der Waals surface area contributed by atoms with Crippen LogP contribution in [0.1, 0.15) is 37.2 Å². The molecule has 1 aromatic rings. The number of nitrogens with zero attached hydrogens (tertiary/aromatic N) is 1. The van der Waals surface area contributed by atoms with Gasteiger partial charge in [0.1, 0.15) is 5.69 Å². The number of carbonyl (C=O) groups excluding carboxylic acids is 1. The second-order valence-electron chi connectivity index (χ2n) is 3.97. The number of nitrogens with one attached hydrogen (secondary N) is 1. The van der Waals surface area contributed by atoms with E-state index in [-0.39, 0.29) is 36.3 Å². The summed E-state index contributed by atoms with van der Waals surface area (Å²) in [4.78, 5) is 15.7. The van der Waals surface area contributed by atoms with Gasteiger partial charge in [-0.3, -0.25) is 9.78 Å². The van der Waals surface area contributed by atoms with Gasteiger partial charge in [-0.15, -0.1) is 24.8 Å². The molecule has 0 saturated carbocycles. The zero-order valence-corrected chi connectivity index (χ0v) is 12.3. The van der Waals surface area contributed by atoms with Crippen molar-refractivity contribution in [3.63, 3.8) is 0 Å². The number of carbonyl (C=O) groups is 1. The highest BCUT2D eigenvalue weighted by Crippen LogP contribution is 2.09. The minimum atomic E-state index is -0.315. The van der Waals surface area contributed by atoms with Gasteiger partial charge in [-0.2, -0.15) is 0 Å². The molecule has 104 valence electrons. The fourth-order valence-corrected chi connectivity index (χ4v) is 1.34. The Labute approximate surface area is 121 Å². The van der Waals surface area contributed by atoms with E-state index in [9.17, 15) is 4.79 Å². The minimum absolute atomic E-state index is 0. The summed E-state index contributed by atoms with van der Waals surface area (Å²) in [7, 11) is 0. The number of amides is 1. The molecular formula is C12H21Cl2N3O. The van der Waals surface area contributed by atoms with E-state index >= 15 is 0 Å². The molecule has 0 aliphatic heterocycles. The Bertz CT molecular complexity index is 342. The number of hydrogen-bond acceptors (Lipinski definition) is 3. The van der Waals surface area contributed by atoms with Crippen molar-refractivity contribution in [3.05, 3.63) is 30.1 Å². The summed E-state index contributed by atoms with van der Waals surface area (Å²) in [6, 6.07) is 5.25. The number of halogens is 2. The van der Waals surface area contributed by atoms with Crippen LogP contribution in [-0.4, -0.2) is 23.0 Å². The van der Waals surface area contributed by atoms with Gasteiger partial charge in [0.2, 0.25) is 0 Å². The third kappa shape index (κ3) is 5.67. The van der Waals surface area contributed by atoms with Crippen molar-refractivity contribution in [1.29, 1.82) is 0 Å². The maximum Gasteiger partial charge on any atom is 0.269 e. The summed E-state index contributed by atoms with van der Waals surface area (Å²) in [5.41, 5.74) is 6.20. The lowest BCUT2D eigenvalue weighted by atomic mass is 9.94. The molecule has 0 spiro atoms. The molecule has 3 N–H and O–H groups in total. The molecule has 1 amide bonds. The third-order valence-corrected chi connectivity index (χ3v) is 2.91. The number of nitrogens with two attached hydrogens (primary N) is 1. The Hall–Kier alpha value is -0.840. The molecule has 0 aliphatic rings. The predicted octanol–water partition coefficient (Wildman–Crippen LogP) is 2.17. The summed E-state index contributed by atoms with van der Waals surface area (Å²) in [6.07, 6.45) is 3.28. The van der Waals surface area contributed by atoms with Crippen LogP contribution in [0, 0.1) is 0 Å². The molecule has 1 rings (SSSR count). The fourth-order valence-electron chi connectivity index (χ4n) is 1.34. The predicted molar refractivity (Wildman–Crippen MR) is 78.6 cm³/mol. The second-order valence-corrected chi connectivity index (χ2v) is 3.97. The van der Waals surface area contributed by atoms with Gasteiger partial charge >= 0.3 is 0 Å². The van der Waals surface area contributed by atoms with Crippen LogP contribution in [0.25, 0.3) is 0 Å². The van der Waals surface area contributed by atoms with Crippen molar-refractivity contribution in [2.75, 3.05) is 6.54 Å². The molecule has 1 aromatic heterocycles. The van der Waals surface area contributed by atoms with Crippen molar-refractivity contribution < 1.29 is 4.79 Å². The normalized spacial score (nSPS) is 9.94. The monoisotopic (exact) mass is 293 g/mol. The first-order valence-electron chi connectivity index (χ1n) is 5.59. The molecule has 6 heteroatoms. The molecule has 0 aliphatic carbocycles. The van der Waals surface area contributed by atoms with Crippen LogP contribution < -0.4 is 11.1 Å². The molecule has 0 fully saturated rings. The second kappa shape index (κ2) is 9.14. The molecule has 1 heterocycles. The van der Waals surface area contributed by atoms with Gasteiger partial charge in [0.05, 0.1) is 0 Å². The summed E-state index contributed by atoms with van der Waals surface area (Å²) < 4.78 is 0. The van der Waals surface area contributed by atoms with Crippen LogP contribution in [0.15, 0.2) is 24.4 Å². The number of rotatable bonds is 5. The number of pyridine rings is 1. The Morgan fingerprint density at radius 1 is 1.33 bits per heavy atom. The molecule has 0 radical (unpaired) electrons. The van der Waals surface area contributed by atoms with Crippen LogP contribution in [0.5, 0.6) is 0 Å². The Kier molecular flexibility index (Phi) is 9.90. The van der Waals surface area contributed by atoms with Crippen molar-refractivity contribution in [2.45, 2.75) is 32.2 Å². The van der Waals surface area contributed by atoms with E-state index in [2.05, 4.69) is 10.3 Å². The van der Waals surface area contributed by atoms with Crippen molar-refractivity contribution in [1.82, 2.24) is 10.3 Å². The van der Waals surface area contributed by atoms with Gasteiger partial charge in [0, 0.05) is 18.3 Å². The number of hydrogen-bond donors (Lipinski definition) is 2. The SMILES string of the molecule is CCC(N)(CC)CNC(=O)c1ccccn1.Cl.Cl. The van der Waals surface area contributed by atoms with E-state index in [1.165, 1.54) is 0 Å². The average Bonchev–Trinajstić information content (AvgIpc) is 2.36. The van der Waals surface area contributed by atoms with Gasteiger partial charge in [-0.25, -0.2) is 0 Å². The van der Waals surface area contributed by atoms with Crippen LogP contribution in [0.2, 0.25) is 0 Å². The van der Waals surface area contributed by atoms with Crippen LogP contribution in [0.3, 0.4) is 0 Å². The Balaban J connectivity index is 0. The minimum Gasteiger partial charge on any atom is -0.349 e. The topological polar surface area (TPSA) is 68.0 Å². The van der Waals surface area contributed by atoms with Crippen LogP contribution >= 0.6 is 24.8 Å². The highest BCUT2D eigenvalue weighted by molar-refractivity contribution is 5.92. The first-order chi connectivity index (χ1) is 7.61. The molecule has 0 bridgehead atoms. The van der Waals surface area contributed by atoms with E-state index in [1.54, 1.807) is 24.4 Å². The molecule has 0 saturated heterocycles. The zero-order valence-electron chi connectivity index (χ0n) is 10.7. The summed E-state index contributed by atoms with van der Waals surface area (Å²) >= 11 is 0. The maximum absolute atomic E-state index is 11.7. The maximum atomic E-state index is 11.7. The van der Waals surface area contributed by atoms with Crippen molar-refractivity contribution in [2.24, 2.45) is 5.73 Å². The average molecular weight is 294 g/mol. The first kappa shape index (κ1) is 19.5. The smallest absolute Gasteiger partial charge is 0.269 e. The summed E-state index contributed by atoms with van der Waals surface area (Å²) in [5.74, 6) is -0.169. The fraction of sp³-hybridized carbons (Fsp3) is 0.500. The zero-order chi connectivity index (χ0) is 12.0. The quantitative estimate of drug-likeness (QED) is 0.874. The van der Waals surface area contributed by atoms with Gasteiger partial charge in [0.15, 0.2) is 0 Å². The lowest BCUT2D eigenvalue weighted by Crippen LogP contribution is -2.49. The Morgan fingerprint density at radius 2 is 1.94 bits per heavy atom. The highest BCUT2D eigenvalue weighted by atomic mass is 35.5. The van der Waals surface area contributed by atoms with Crippen LogP contribution in [-0.2, 0) is 0 Å². The molecule has 18 heavy (non-hydrogen) atoms. The lowest BCUT2D eigenvalue weighted by Gasteiger charge is -2.26. The third-order valence-electron chi connectivity index (χ3n) is 2.91.